The molecule has 0 spiro atoms. The Labute approximate surface area is 227 Å². The van der Waals surface area contributed by atoms with Crippen LogP contribution in [0.5, 0.6) is 0 Å². The van der Waals surface area contributed by atoms with Gasteiger partial charge in [0.25, 0.3) is 0 Å². The summed E-state index contributed by atoms with van der Waals surface area (Å²) in [5.74, 6) is 1.07. The Morgan fingerprint density at radius 3 is 1.11 bits per heavy atom. The molecule has 0 unspecified atom stereocenters. The average Bonchev–Trinajstić information content (AvgIpc) is 2.89. The summed E-state index contributed by atoms with van der Waals surface area (Å²) in [5, 5.41) is 0. The average molecular weight is 500 g/mol. The summed E-state index contributed by atoms with van der Waals surface area (Å²) in [6, 6.07) is 2.32. The van der Waals surface area contributed by atoms with Gasteiger partial charge in [0, 0.05) is 17.8 Å². The van der Waals surface area contributed by atoms with E-state index in [4.69, 9.17) is 9.97 Å². The molecule has 0 aliphatic rings. The van der Waals surface area contributed by atoms with Crippen LogP contribution in [0.1, 0.15) is 185 Å². The molecule has 0 amide bonds. The second-order valence-corrected chi connectivity index (χ2v) is 11.3. The molecule has 0 atom stereocenters. The molecule has 0 aliphatic heterocycles. The molecule has 0 saturated heterocycles. The first-order valence-electron chi connectivity index (χ1n) is 16.4. The zero-order valence-electron chi connectivity index (χ0n) is 24.8. The molecule has 209 valence electrons. The predicted octanol–water partition coefficient (Wildman–Crippen LogP) is 11.3. The first-order chi connectivity index (χ1) is 17.8. The minimum atomic E-state index is 0.972. The predicted molar refractivity (Wildman–Crippen MR) is 161 cm³/mol. The highest BCUT2D eigenvalue weighted by Gasteiger charge is 2.06. The van der Waals surface area contributed by atoms with Crippen molar-refractivity contribution in [1.29, 1.82) is 0 Å². The van der Waals surface area contributed by atoms with Crippen molar-refractivity contribution in [2.24, 2.45) is 0 Å². The fraction of sp³-hybridized carbons (Fsp3) is 0.853. The zero-order chi connectivity index (χ0) is 25.9. The first-order valence-corrected chi connectivity index (χ1v) is 16.4. The number of aromatic nitrogens is 2. The van der Waals surface area contributed by atoms with Crippen molar-refractivity contribution in [3.63, 3.8) is 0 Å². The van der Waals surface area contributed by atoms with Gasteiger partial charge in [-0.1, -0.05) is 156 Å². The van der Waals surface area contributed by atoms with Crippen LogP contribution >= 0.6 is 0 Å². The van der Waals surface area contributed by atoms with Crippen LogP contribution in [0, 0.1) is 6.92 Å². The normalized spacial score (nSPS) is 11.4. The van der Waals surface area contributed by atoms with Crippen LogP contribution in [-0.4, -0.2) is 9.97 Å². The SMILES string of the molecule is [CH2]CCCc1nc(CCCCCCCCCCCCC)cc(CCCCCCCCCCCCC)n1. The summed E-state index contributed by atoms with van der Waals surface area (Å²) < 4.78 is 0. The lowest BCUT2D eigenvalue weighted by atomic mass is 10.0. The quantitative estimate of drug-likeness (QED) is 0.112. The number of rotatable bonds is 27. The highest BCUT2D eigenvalue weighted by molar-refractivity contribution is 5.12. The smallest absolute Gasteiger partial charge is 0.128 e. The molecule has 0 saturated carbocycles. The van der Waals surface area contributed by atoms with Gasteiger partial charge in [-0.05, 0) is 38.2 Å². The van der Waals surface area contributed by atoms with Crippen molar-refractivity contribution in [2.45, 2.75) is 187 Å². The van der Waals surface area contributed by atoms with Gasteiger partial charge >= 0.3 is 0 Å². The van der Waals surface area contributed by atoms with Gasteiger partial charge < -0.3 is 0 Å². The Kier molecular flexibility index (Phi) is 23.7. The van der Waals surface area contributed by atoms with E-state index in [2.05, 4.69) is 26.8 Å². The lowest BCUT2D eigenvalue weighted by molar-refractivity contribution is 0.547. The van der Waals surface area contributed by atoms with Crippen LogP contribution in [0.4, 0.5) is 0 Å². The summed E-state index contributed by atoms with van der Waals surface area (Å²) in [6.07, 6.45) is 36.1. The van der Waals surface area contributed by atoms with Crippen LogP contribution in [0.2, 0.25) is 0 Å². The van der Waals surface area contributed by atoms with Gasteiger partial charge in [-0.3, -0.25) is 0 Å². The second-order valence-electron chi connectivity index (χ2n) is 11.3. The van der Waals surface area contributed by atoms with E-state index in [0.29, 0.717) is 0 Å². The third-order valence-electron chi connectivity index (χ3n) is 7.60. The van der Waals surface area contributed by atoms with Crippen LogP contribution in [0.3, 0.4) is 0 Å². The first kappa shape index (κ1) is 33.1. The Balaban J connectivity index is 2.21. The number of hydrogen-bond acceptors (Lipinski definition) is 2. The molecule has 1 heterocycles. The van der Waals surface area contributed by atoms with Gasteiger partial charge in [0.05, 0.1) is 0 Å². The summed E-state index contributed by atoms with van der Waals surface area (Å²) in [6.45, 7) is 8.60. The third kappa shape index (κ3) is 20.2. The van der Waals surface area contributed by atoms with E-state index in [1.165, 1.54) is 153 Å². The molecule has 1 aromatic rings. The number of nitrogens with zero attached hydrogens (tertiary/aromatic N) is 2. The van der Waals surface area contributed by atoms with Crippen molar-refractivity contribution >= 4 is 0 Å². The van der Waals surface area contributed by atoms with Gasteiger partial charge in [0.15, 0.2) is 0 Å². The molecule has 1 aromatic heterocycles. The van der Waals surface area contributed by atoms with Gasteiger partial charge in [0.2, 0.25) is 0 Å². The second kappa shape index (κ2) is 25.7. The van der Waals surface area contributed by atoms with Crippen LogP contribution < -0.4 is 0 Å². The monoisotopic (exact) mass is 499 g/mol. The molecule has 0 aliphatic carbocycles. The summed E-state index contributed by atoms with van der Waals surface area (Å²) in [5.41, 5.74) is 2.58. The van der Waals surface area contributed by atoms with E-state index >= 15 is 0 Å². The minimum absolute atomic E-state index is 0.972. The van der Waals surface area contributed by atoms with E-state index in [1.807, 2.05) is 0 Å². The van der Waals surface area contributed by atoms with Crippen molar-refractivity contribution in [3.05, 3.63) is 30.2 Å². The molecule has 36 heavy (non-hydrogen) atoms. The molecule has 1 radical (unpaired) electrons. The van der Waals surface area contributed by atoms with E-state index < -0.39 is 0 Å². The topological polar surface area (TPSA) is 25.8 Å². The van der Waals surface area contributed by atoms with Crippen LogP contribution in [0.15, 0.2) is 6.07 Å². The lowest BCUT2D eigenvalue weighted by Crippen LogP contribution is -2.04. The van der Waals surface area contributed by atoms with Crippen molar-refractivity contribution in [2.75, 3.05) is 0 Å². The third-order valence-corrected chi connectivity index (χ3v) is 7.60. The summed E-state index contributed by atoms with van der Waals surface area (Å²) in [7, 11) is 0. The Morgan fingerprint density at radius 2 is 0.778 bits per heavy atom. The molecule has 0 N–H and O–H groups in total. The fourth-order valence-corrected chi connectivity index (χ4v) is 5.21. The highest BCUT2D eigenvalue weighted by Crippen LogP contribution is 2.16. The Hall–Kier alpha value is -0.920. The van der Waals surface area contributed by atoms with Crippen molar-refractivity contribution < 1.29 is 0 Å². The summed E-state index contributed by atoms with van der Waals surface area (Å²) in [4.78, 5) is 9.84. The molecule has 0 fully saturated rings. The van der Waals surface area contributed by atoms with E-state index in [9.17, 15) is 0 Å². The van der Waals surface area contributed by atoms with Crippen LogP contribution in [0.25, 0.3) is 0 Å². The maximum atomic E-state index is 4.92. The molecular weight excluding hydrogens is 436 g/mol. The number of aryl methyl sites for hydroxylation is 3. The standard InChI is InChI=1S/C34H63N2/c1-4-7-10-12-14-16-18-20-22-24-26-28-32-31-33(36-34(35-32)30-9-6-3)29-27-25-23-21-19-17-15-13-11-8-5-2/h31H,3-30H2,1-2H3. The van der Waals surface area contributed by atoms with E-state index in [0.717, 1.165) is 37.9 Å². The van der Waals surface area contributed by atoms with Gasteiger partial charge in [-0.2, -0.15) is 0 Å². The number of hydrogen-bond donors (Lipinski definition) is 0. The van der Waals surface area contributed by atoms with Gasteiger partial charge in [-0.25, -0.2) is 9.97 Å². The maximum Gasteiger partial charge on any atom is 0.128 e. The molecule has 0 aromatic carbocycles. The highest BCUT2D eigenvalue weighted by atomic mass is 14.9. The minimum Gasteiger partial charge on any atom is -0.238 e. The lowest BCUT2D eigenvalue weighted by Gasteiger charge is -2.09. The fourth-order valence-electron chi connectivity index (χ4n) is 5.21. The Bertz CT molecular complexity index is 538. The van der Waals surface area contributed by atoms with Crippen molar-refractivity contribution in [1.82, 2.24) is 9.97 Å². The largest absolute Gasteiger partial charge is 0.238 e. The molecule has 0 bridgehead atoms. The maximum absolute atomic E-state index is 4.92. The molecule has 2 heteroatoms. The molecular formula is C34H63N2. The van der Waals surface area contributed by atoms with E-state index in [-0.39, 0.29) is 0 Å². The van der Waals surface area contributed by atoms with E-state index in [1.54, 1.807) is 0 Å². The van der Waals surface area contributed by atoms with Crippen molar-refractivity contribution in [3.8, 4) is 0 Å². The van der Waals surface area contributed by atoms with Gasteiger partial charge in [0.1, 0.15) is 5.82 Å². The Morgan fingerprint density at radius 1 is 0.444 bits per heavy atom. The summed E-state index contributed by atoms with van der Waals surface area (Å²) >= 11 is 0. The molecule has 2 nitrogen and oxygen atoms in total. The zero-order valence-corrected chi connectivity index (χ0v) is 24.8. The number of unbranched alkanes of at least 4 members (excludes halogenated alkanes) is 21. The van der Waals surface area contributed by atoms with Crippen LogP contribution in [-0.2, 0) is 19.3 Å². The molecule has 1 rings (SSSR count). The van der Waals surface area contributed by atoms with Gasteiger partial charge in [-0.15, -0.1) is 0 Å².